The Morgan fingerprint density at radius 1 is 1.12 bits per heavy atom. The second kappa shape index (κ2) is 4.96. The van der Waals surface area contributed by atoms with E-state index in [9.17, 15) is 9.59 Å². The minimum Gasteiger partial charge on any atom is -0.299 e. The van der Waals surface area contributed by atoms with Crippen molar-refractivity contribution in [3.63, 3.8) is 0 Å². The summed E-state index contributed by atoms with van der Waals surface area (Å²) in [6.07, 6.45) is 16.4. The molecule has 0 aliphatic heterocycles. The lowest BCUT2D eigenvalue weighted by molar-refractivity contribution is -0.138. The molecule has 5 aliphatic rings. The van der Waals surface area contributed by atoms with Gasteiger partial charge in [-0.15, -0.1) is 0 Å². The van der Waals surface area contributed by atoms with Crippen LogP contribution in [-0.4, -0.2) is 11.6 Å². The Balaban J connectivity index is 1.55. The SMILES string of the molecule is CCC(=O)[C@@]12C=CC3(CC1)[C@@H]1CCC4=CC(=O)CC[C@@H]4[C@H]1CC[C@@]32C. The molecule has 0 spiro atoms. The first kappa shape index (κ1) is 16.0. The Morgan fingerprint density at radius 3 is 2.68 bits per heavy atom. The van der Waals surface area contributed by atoms with Crippen molar-refractivity contribution in [2.24, 2.45) is 34.0 Å². The van der Waals surface area contributed by atoms with Gasteiger partial charge in [-0.1, -0.05) is 31.6 Å². The second-order valence-corrected chi connectivity index (χ2v) is 9.63. The number of ketones is 2. The molecular formula is C23H30O2. The minimum atomic E-state index is -0.175. The van der Waals surface area contributed by atoms with Gasteiger partial charge in [0.2, 0.25) is 0 Å². The van der Waals surface area contributed by atoms with Gasteiger partial charge in [0.1, 0.15) is 5.78 Å². The number of Topliss-reactive ketones (excluding diaryl/α,β-unsaturated/α-hetero) is 1. The molecule has 0 amide bonds. The Hall–Kier alpha value is -1.18. The van der Waals surface area contributed by atoms with Gasteiger partial charge in [0, 0.05) is 12.8 Å². The van der Waals surface area contributed by atoms with Gasteiger partial charge in [-0.3, -0.25) is 9.59 Å². The standard InChI is InChI=1S/C23H30O2/c1-3-20(25)23-12-10-22(11-13-23)19-7-4-15-14-16(24)5-6-17(15)18(19)8-9-21(22,23)2/h10,12,14,17-19H,3-9,11,13H2,1-2H3/t17-,18+,19+,21-,22?,23+/m0/s1. The van der Waals surface area contributed by atoms with Crippen LogP contribution in [0.25, 0.3) is 0 Å². The number of hydrogen-bond acceptors (Lipinski definition) is 2. The topological polar surface area (TPSA) is 34.1 Å². The van der Waals surface area contributed by atoms with E-state index in [-0.39, 0.29) is 16.2 Å². The molecule has 2 nitrogen and oxygen atoms in total. The fourth-order valence-corrected chi connectivity index (χ4v) is 8.16. The summed E-state index contributed by atoms with van der Waals surface area (Å²) < 4.78 is 0. The van der Waals surface area contributed by atoms with Gasteiger partial charge in [-0.05, 0) is 79.6 Å². The molecule has 6 atom stereocenters. The number of rotatable bonds is 2. The molecule has 3 saturated carbocycles. The van der Waals surface area contributed by atoms with E-state index in [1.807, 2.05) is 13.0 Å². The van der Waals surface area contributed by atoms with E-state index in [0.29, 0.717) is 29.8 Å². The molecule has 5 rings (SSSR count). The van der Waals surface area contributed by atoms with Crippen LogP contribution in [0.2, 0.25) is 0 Å². The smallest absolute Gasteiger partial charge is 0.155 e. The van der Waals surface area contributed by atoms with Crippen LogP contribution in [0.4, 0.5) is 0 Å². The summed E-state index contributed by atoms with van der Waals surface area (Å²) in [5, 5.41) is 0. The van der Waals surface area contributed by atoms with E-state index in [0.717, 1.165) is 31.6 Å². The molecule has 5 aliphatic carbocycles. The highest BCUT2D eigenvalue weighted by molar-refractivity contribution is 5.91. The fraction of sp³-hybridized carbons (Fsp3) is 0.739. The molecule has 2 heteroatoms. The van der Waals surface area contributed by atoms with Gasteiger partial charge in [0.05, 0.1) is 5.41 Å². The van der Waals surface area contributed by atoms with Crippen molar-refractivity contribution in [3.05, 3.63) is 23.8 Å². The van der Waals surface area contributed by atoms with Gasteiger partial charge >= 0.3 is 0 Å². The number of hydrogen-bond donors (Lipinski definition) is 0. The first-order chi connectivity index (χ1) is 12.0. The van der Waals surface area contributed by atoms with Gasteiger partial charge in [-0.2, -0.15) is 0 Å². The van der Waals surface area contributed by atoms with Crippen LogP contribution >= 0.6 is 0 Å². The lowest BCUT2D eigenvalue weighted by atomic mass is 9.44. The Kier molecular flexibility index (Phi) is 3.18. The molecule has 0 aromatic carbocycles. The van der Waals surface area contributed by atoms with Crippen LogP contribution in [0.3, 0.4) is 0 Å². The van der Waals surface area contributed by atoms with E-state index < -0.39 is 0 Å². The summed E-state index contributed by atoms with van der Waals surface area (Å²) in [7, 11) is 0. The summed E-state index contributed by atoms with van der Waals surface area (Å²) in [4.78, 5) is 24.8. The highest BCUT2D eigenvalue weighted by atomic mass is 16.1. The lowest BCUT2D eigenvalue weighted by Gasteiger charge is -2.59. The summed E-state index contributed by atoms with van der Waals surface area (Å²) in [5.74, 6) is 2.91. The molecule has 25 heavy (non-hydrogen) atoms. The van der Waals surface area contributed by atoms with E-state index >= 15 is 0 Å². The molecule has 0 N–H and O–H groups in total. The average molecular weight is 338 g/mol. The summed E-state index contributed by atoms with van der Waals surface area (Å²) in [6, 6.07) is 0. The maximum atomic E-state index is 13.0. The van der Waals surface area contributed by atoms with Crippen LogP contribution in [0.15, 0.2) is 23.8 Å². The normalized spacial score (nSPS) is 50.1. The molecule has 0 aromatic rings. The van der Waals surface area contributed by atoms with Crippen molar-refractivity contribution in [3.8, 4) is 0 Å². The molecule has 0 aromatic heterocycles. The quantitative estimate of drug-likeness (QED) is 0.662. The molecule has 0 saturated heterocycles. The monoisotopic (exact) mass is 338 g/mol. The Bertz CT molecular complexity index is 716. The number of carbonyl (C=O) groups excluding carboxylic acids is 2. The molecule has 134 valence electrons. The fourth-order valence-electron chi connectivity index (χ4n) is 8.16. The largest absolute Gasteiger partial charge is 0.299 e. The Morgan fingerprint density at radius 2 is 1.96 bits per heavy atom. The van der Waals surface area contributed by atoms with Crippen molar-refractivity contribution in [2.75, 3.05) is 0 Å². The zero-order chi connectivity index (χ0) is 17.4. The van der Waals surface area contributed by atoms with Gasteiger partial charge in [-0.25, -0.2) is 0 Å². The van der Waals surface area contributed by atoms with E-state index in [1.54, 1.807) is 0 Å². The van der Waals surface area contributed by atoms with E-state index in [2.05, 4.69) is 19.1 Å². The minimum absolute atomic E-state index is 0.139. The predicted octanol–water partition coefficient (Wildman–Crippen LogP) is 5.03. The maximum absolute atomic E-state index is 13.0. The van der Waals surface area contributed by atoms with Crippen LogP contribution < -0.4 is 0 Å². The average Bonchev–Trinajstić information content (AvgIpc) is 3.05. The summed E-state index contributed by atoms with van der Waals surface area (Å²) in [6.45, 7) is 4.48. The van der Waals surface area contributed by atoms with E-state index in [1.165, 1.54) is 31.3 Å². The third-order valence-electron chi connectivity index (χ3n) is 9.37. The highest BCUT2D eigenvalue weighted by Crippen LogP contribution is 2.78. The Labute approximate surface area is 151 Å². The molecule has 2 bridgehead atoms. The van der Waals surface area contributed by atoms with Crippen LogP contribution in [-0.2, 0) is 9.59 Å². The molecule has 3 fully saturated rings. The second-order valence-electron chi connectivity index (χ2n) is 9.63. The first-order valence-corrected chi connectivity index (χ1v) is 10.4. The number of fused-ring (bicyclic) bond motifs is 3. The zero-order valence-corrected chi connectivity index (χ0v) is 15.6. The van der Waals surface area contributed by atoms with Gasteiger partial charge < -0.3 is 0 Å². The molecule has 0 radical (unpaired) electrons. The third kappa shape index (κ3) is 1.68. The summed E-state index contributed by atoms with van der Waals surface area (Å²) in [5.41, 5.74) is 1.66. The van der Waals surface area contributed by atoms with Crippen molar-refractivity contribution >= 4 is 11.6 Å². The third-order valence-corrected chi connectivity index (χ3v) is 9.37. The van der Waals surface area contributed by atoms with E-state index in [4.69, 9.17) is 0 Å². The lowest BCUT2D eigenvalue weighted by Crippen LogP contribution is -2.54. The predicted molar refractivity (Wildman–Crippen MR) is 97.9 cm³/mol. The van der Waals surface area contributed by atoms with Crippen molar-refractivity contribution in [1.82, 2.24) is 0 Å². The van der Waals surface area contributed by atoms with Crippen molar-refractivity contribution in [2.45, 2.75) is 71.6 Å². The first-order valence-electron chi connectivity index (χ1n) is 10.4. The number of carbonyl (C=O) groups is 2. The molecule has 1 unspecified atom stereocenters. The van der Waals surface area contributed by atoms with Gasteiger partial charge in [0.25, 0.3) is 0 Å². The highest BCUT2D eigenvalue weighted by Gasteiger charge is 2.73. The van der Waals surface area contributed by atoms with Crippen molar-refractivity contribution in [1.29, 1.82) is 0 Å². The van der Waals surface area contributed by atoms with Crippen LogP contribution in [0.5, 0.6) is 0 Å². The van der Waals surface area contributed by atoms with Gasteiger partial charge in [0.15, 0.2) is 5.78 Å². The summed E-state index contributed by atoms with van der Waals surface area (Å²) >= 11 is 0. The maximum Gasteiger partial charge on any atom is 0.155 e. The zero-order valence-electron chi connectivity index (χ0n) is 15.6. The number of allylic oxidation sites excluding steroid dienone is 3. The van der Waals surface area contributed by atoms with Crippen LogP contribution in [0.1, 0.15) is 71.6 Å². The van der Waals surface area contributed by atoms with Crippen LogP contribution in [0, 0.1) is 34.0 Å². The molecule has 0 heterocycles. The van der Waals surface area contributed by atoms with Crippen molar-refractivity contribution < 1.29 is 9.59 Å². The molecular weight excluding hydrogens is 308 g/mol.